The van der Waals surface area contributed by atoms with Gasteiger partial charge in [0.25, 0.3) is 0 Å². The smallest absolute Gasteiger partial charge is 0.150 e. The third-order valence-corrected chi connectivity index (χ3v) is 7.47. The molecule has 0 unspecified atom stereocenters. The number of carbonyl (C=O) groups is 1. The summed E-state index contributed by atoms with van der Waals surface area (Å²) in [7, 11) is 0. The van der Waals surface area contributed by atoms with Crippen LogP contribution in [0.1, 0.15) is 123 Å². The van der Waals surface area contributed by atoms with E-state index in [2.05, 4.69) is 6.07 Å². The molecule has 0 saturated carbocycles. The first-order valence-electron chi connectivity index (χ1n) is 14.9. The fourth-order valence-electron chi connectivity index (χ4n) is 5.22. The van der Waals surface area contributed by atoms with Crippen LogP contribution >= 0.6 is 0 Å². The molecule has 2 aromatic carbocycles. The molecule has 0 amide bonds. The zero-order chi connectivity index (χ0) is 26.0. The number of carbonyl (C=O) groups excluding carboxylic acids is 1. The normalized spacial score (nSPS) is 18.1. The largest absolute Gasteiger partial charge is 0.493 e. The van der Waals surface area contributed by atoms with Gasteiger partial charge in [-0.25, -0.2) is 0 Å². The van der Waals surface area contributed by atoms with Gasteiger partial charge in [0, 0.05) is 5.56 Å². The highest BCUT2D eigenvalue weighted by atomic mass is 16.5. The highest BCUT2D eigenvalue weighted by molar-refractivity contribution is 5.75. The van der Waals surface area contributed by atoms with Crippen LogP contribution in [0.2, 0.25) is 0 Å². The SMILES string of the molecule is O=Cc1ccc2c(c1)CCCCCCCc1cc(CO)ccc1OCCCCCCCCCCCCO2. The number of aldehydes is 1. The summed E-state index contributed by atoms with van der Waals surface area (Å²) < 4.78 is 12.3. The number of aryl methyl sites for hydroxylation is 2. The number of rotatable bonds is 2. The lowest BCUT2D eigenvalue weighted by Gasteiger charge is -2.13. The van der Waals surface area contributed by atoms with E-state index >= 15 is 0 Å². The minimum absolute atomic E-state index is 0.0737. The van der Waals surface area contributed by atoms with Crippen molar-refractivity contribution in [3.05, 3.63) is 58.7 Å². The van der Waals surface area contributed by atoms with Crippen LogP contribution in [-0.4, -0.2) is 24.6 Å². The minimum Gasteiger partial charge on any atom is -0.493 e. The summed E-state index contributed by atoms with van der Waals surface area (Å²) in [4.78, 5) is 11.3. The molecule has 2 aromatic rings. The summed E-state index contributed by atoms with van der Waals surface area (Å²) in [5, 5.41) is 9.59. The first kappa shape index (κ1) is 29.2. The van der Waals surface area contributed by atoms with E-state index in [1.807, 2.05) is 30.3 Å². The average molecular weight is 509 g/mol. The molecule has 0 saturated heterocycles. The Morgan fingerprint density at radius 2 is 1.05 bits per heavy atom. The molecule has 4 nitrogen and oxygen atoms in total. The Morgan fingerprint density at radius 3 is 1.57 bits per heavy atom. The van der Waals surface area contributed by atoms with Gasteiger partial charge in [-0.2, -0.15) is 0 Å². The van der Waals surface area contributed by atoms with E-state index in [1.165, 1.54) is 76.2 Å². The van der Waals surface area contributed by atoms with Crippen molar-refractivity contribution in [3.63, 3.8) is 0 Å². The van der Waals surface area contributed by atoms with Crippen LogP contribution in [0.25, 0.3) is 0 Å². The predicted molar refractivity (Wildman–Crippen MR) is 152 cm³/mol. The van der Waals surface area contributed by atoms with Gasteiger partial charge in [-0.05, 0) is 85.5 Å². The fourth-order valence-corrected chi connectivity index (χ4v) is 5.22. The Kier molecular flexibility index (Phi) is 14.2. The van der Waals surface area contributed by atoms with Crippen molar-refractivity contribution in [1.82, 2.24) is 0 Å². The van der Waals surface area contributed by atoms with Crippen molar-refractivity contribution >= 4 is 6.29 Å². The Morgan fingerprint density at radius 1 is 0.595 bits per heavy atom. The zero-order valence-electron chi connectivity index (χ0n) is 22.9. The van der Waals surface area contributed by atoms with Crippen LogP contribution in [0.15, 0.2) is 36.4 Å². The maximum atomic E-state index is 11.3. The minimum atomic E-state index is 0.0737. The zero-order valence-corrected chi connectivity index (χ0v) is 22.9. The second-order valence-electron chi connectivity index (χ2n) is 10.6. The van der Waals surface area contributed by atoms with Crippen LogP contribution in [0, 0.1) is 0 Å². The average Bonchev–Trinajstić information content (AvgIpc) is 2.93. The van der Waals surface area contributed by atoms with Crippen molar-refractivity contribution < 1.29 is 19.4 Å². The third-order valence-electron chi connectivity index (χ3n) is 7.47. The molecule has 1 heterocycles. The molecule has 1 N–H and O–H groups in total. The van der Waals surface area contributed by atoms with Gasteiger partial charge in [-0.1, -0.05) is 76.7 Å². The molecular formula is C33H48O4. The van der Waals surface area contributed by atoms with Crippen LogP contribution in [-0.2, 0) is 19.4 Å². The highest BCUT2D eigenvalue weighted by Gasteiger charge is 2.08. The van der Waals surface area contributed by atoms with Crippen LogP contribution in [0.4, 0.5) is 0 Å². The van der Waals surface area contributed by atoms with E-state index in [9.17, 15) is 9.90 Å². The second kappa shape index (κ2) is 18.0. The van der Waals surface area contributed by atoms with Gasteiger partial charge in [0.15, 0.2) is 0 Å². The van der Waals surface area contributed by atoms with E-state index < -0.39 is 0 Å². The van der Waals surface area contributed by atoms with Gasteiger partial charge in [0.05, 0.1) is 19.8 Å². The Bertz CT molecular complexity index is 907. The standard InChI is InChI=1S/C33H48O4/c34-26-28-18-20-32-30(24-28)16-12-8-7-9-13-17-31-25-29(27-35)19-21-33(31)37-23-15-11-6-4-2-1-3-5-10-14-22-36-32/h18-21,24-26,35H,1-17,22-23,27H2. The van der Waals surface area contributed by atoms with Crippen molar-refractivity contribution in [3.8, 4) is 11.5 Å². The number of hydrogen-bond donors (Lipinski definition) is 1. The summed E-state index contributed by atoms with van der Waals surface area (Å²) in [6.45, 7) is 1.61. The molecule has 0 aromatic heterocycles. The van der Waals surface area contributed by atoms with E-state index in [1.54, 1.807) is 0 Å². The highest BCUT2D eigenvalue weighted by Crippen LogP contribution is 2.25. The molecule has 3 rings (SSSR count). The molecule has 0 fully saturated rings. The molecule has 0 radical (unpaired) electrons. The maximum Gasteiger partial charge on any atom is 0.150 e. The summed E-state index contributed by atoms with van der Waals surface area (Å²) in [5.74, 6) is 1.94. The van der Waals surface area contributed by atoms with Gasteiger partial charge < -0.3 is 14.6 Å². The molecule has 0 aliphatic carbocycles. The van der Waals surface area contributed by atoms with E-state index in [4.69, 9.17) is 9.47 Å². The number of hydrogen-bond acceptors (Lipinski definition) is 4. The van der Waals surface area contributed by atoms with Gasteiger partial charge in [0.2, 0.25) is 0 Å². The van der Waals surface area contributed by atoms with Crippen molar-refractivity contribution in [2.75, 3.05) is 13.2 Å². The topological polar surface area (TPSA) is 55.8 Å². The quantitative estimate of drug-likeness (QED) is 0.414. The van der Waals surface area contributed by atoms with Gasteiger partial charge in [-0.3, -0.25) is 4.79 Å². The first-order chi connectivity index (χ1) is 18.3. The molecule has 0 bridgehead atoms. The fraction of sp³-hybridized carbons (Fsp3) is 0.606. The number of aliphatic hydroxyl groups excluding tert-OH is 1. The number of benzene rings is 2. The third kappa shape index (κ3) is 11.3. The summed E-state index contributed by atoms with van der Waals surface area (Å²) in [5.41, 5.74) is 4.08. The van der Waals surface area contributed by atoms with Gasteiger partial charge >= 0.3 is 0 Å². The van der Waals surface area contributed by atoms with E-state index in [0.29, 0.717) is 0 Å². The Balaban J connectivity index is 1.55. The Labute approximate surface area is 224 Å². The molecule has 37 heavy (non-hydrogen) atoms. The summed E-state index contributed by atoms with van der Waals surface area (Å²) >= 11 is 0. The second-order valence-corrected chi connectivity index (χ2v) is 10.6. The number of ether oxygens (including phenoxy) is 2. The Hall–Kier alpha value is -2.33. The van der Waals surface area contributed by atoms with Gasteiger partial charge in [-0.15, -0.1) is 0 Å². The van der Waals surface area contributed by atoms with Crippen LogP contribution < -0.4 is 9.47 Å². The monoisotopic (exact) mass is 508 g/mol. The molecular weight excluding hydrogens is 460 g/mol. The summed E-state index contributed by atoms with van der Waals surface area (Å²) in [6, 6.07) is 12.0. The van der Waals surface area contributed by atoms with Crippen molar-refractivity contribution in [2.24, 2.45) is 0 Å². The van der Waals surface area contributed by atoms with Crippen molar-refractivity contribution in [1.29, 1.82) is 0 Å². The number of aliphatic hydroxyl groups is 1. The number of fused-ring (bicyclic) bond motifs is 2. The molecule has 1 aliphatic heterocycles. The molecule has 0 atom stereocenters. The maximum absolute atomic E-state index is 11.3. The molecule has 204 valence electrons. The van der Waals surface area contributed by atoms with Crippen LogP contribution in [0.5, 0.6) is 11.5 Å². The molecule has 4 heteroatoms. The molecule has 0 spiro atoms. The lowest BCUT2D eigenvalue weighted by Crippen LogP contribution is -2.02. The lowest BCUT2D eigenvalue weighted by molar-refractivity contribution is 0.112. The summed E-state index contributed by atoms with van der Waals surface area (Å²) in [6.07, 6.45) is 21.2. The van der Waals surface area contributed by atoms with E-state index in [0.717, 1.165) is 86.2 Å². The first-order valence-corrected chi connectivity index (χ1v) is 14.9. The van der Waals surface area contributed by atoms with Crippen molar-refractivity contribution in [2.45, 2.75) is 116 Å². The predicted octanol–water partition coefficient (Wildman–Crippen LogP) is 8.40. The van der Waals surface area contributed by atoms with E-state index in [-0.39, 0.29) is 6.61 Å². The van der Waals surface area contributed by atoms with Gasteiger partial charge in [0.1, 0.15) is 17.8 Å². The lowest BCUT2D eigenvalue weighted by atomic mass is 10.0. The molecule has 1 aliphatic rings. The van der Waals surface area contributed by atoms with Crippen LogP contribution in [0.3, 0.4) is 0 Å².